The molecule has 0 amide bonds. The summed E-state index contributed by atoms with van der Waals surface area (Å²) in [5, 5.41) is 7.07. The number of hydrogen-bond acceptors (Lipinski definition) is 1. The number of benzene rings is 1. The fourth-order valence-electron chi connectivity index (χ4n) is 1.97. The number of rotatable bonds is 3. The first kappa shape index (κ1) is 16.1. The van der Waals surface area contributed by atoms with Crippen molar-refractivity contribution in [3.05, 3.63) is 35.9 Å². The predicted molar refractivity (Wildman–Crippen MR) is 64.7 cm³/mol. The molecule has 1 rings (SSSR count). The molecule has 0 saturated carbocycles. The Labute approximate surface area is 109 Å². The summed E-state index contributed by atoms with van der Waals surface area (Å²) in [6, 6.07) is 6.33. The molecule has 0 bridgehead atoms. The van der Waals surface area contributed by atoms with Crippen molar-refractivity contribution in [1.29, 1.82) is 0 Å². The molecule has 1 atom stereocenters. The largest absolute Gasteiger partial charge is 0.456 e. The van der Waals surface area contributed by atoms with Crippen molar-refractivity contribution in [2.75, 3.05) is 0 Å². The standard InChI is InChI=1S/C12H15F5OSi/c1-19(2,3)10(18,9-7-5-4-6-8-9)11(13,14)12(15,16)17/h4-8,18H,1-3H3. The highest BCUT2D eigenvalue weighted by Crippen LogP contribution is 2.52. The Morgan fingerprint density at radius 3 is 1.63 bits per heavy atom. The maximum atomic E-state index is 13.8. The molecule has 0 aliphatic carbocycles. The predicted octanol–water partition coefficient (Wildman–Crippen LogP) is 3.95. The Morgan fingerprint density at radius 1 is 0.895 bits per heavy atom. The second kappa shape index (κ2) is 4.55. The molecule has 1 unspecified atom stereocenters. The van der Waals surface area contributed by atoms with E-state index in [-0.39, 0.29) is 0 Å². The van der Waals surface area contributed by atoms with Crippen LogP contribution in [0.15, 0.2) is 30.3 Å². The van der Waals surface area contributed by atoms with Gasteiger partial charge in [0.1, 0.15) is 5.22 Å². The van der Waals surface area contributed by atoms with Crippen molar-refractivity contribution in [1.82, 2.24) is 0 Å². The number of alkyl halides is 5. The van der Waals surface area contributed by atoms with Gasteiger partial charge in [-0.2, -0.15) is 22.0 Å². The quantitative estimate of drug-likeness (QED) is 0.662. The van der Waals surface area contributed by atoms with Gasteiger partial charge in [0.25, 0.3) is 0 Å². The lowest BCUT2D eigenvalue weighted by molar-refractivity contribution is -0.329. The molecule has 0 saturated heterocycles. The van der Waals surface area contributed by atoms with E-state index < -0.39 is 31.0 Å². The minimum atomic E-state index is -5.81. The van der Waals surface area contributed by atoms with E-state index in [0.29, 0.717) is 0 Å². The van der Waals surface area contributed by atoms with Crippen molar-refractivity contribution < 1.29 is 27.1 Å². The molecule has 0 radical (unpaired) electrons. The van der Waals surface area contributed by atoms with Crippen LogP contribution in [0.5, 0.6) is 0 Å². The van der Waals surface area contributed by atoms with Crippen molar-refractivity contribution in [2.24, 2.45) is 0 Å². The first-order chi connectivity index (χ1) is 8.36. The molecule has 0 aromatic heterocycles. The van der Waals surface area contributed by atoms with Gasteiger partial charge in [0, 0.05) is 0 Å². The van der Waals surface area contributed by atoms with Crippen LogP contribution in [-0.4, -0.2) is 25.3 Å². The summed E-state index contributed by atoms with van der Waals surface area (Å²) in [5.41, 5.74) is -0.406. The average Bonchev–Trinajstić information content (AvgIpc) is 2.25. The second-order valence-electron chi connectivity index (χ2n) is 5.40. The van der Waals surface area contributed by atoms with Crippen molar-refractivity contribution in [3.8, 4) is 0 Å². The fourth-order valence-corrected chi connectivity index (χ4v) is 4.09. The van der Waals surface area contributed by atoms with E-state index in [9.17, 15) is 27.1 Å². The Bertz CT molecular complexity index is 438. The van der Waals surface area contributed by atoms with Crippen LogP contribution in [0.2, 0.25) is 19.6 Å². The van der Waals surface area contributed by atoms with Crippen LogP contribution in [0.25, 0.3) is 0 Å². The number of halogens is 5. The summed E-state index contributed by atoms with van der Waals surface area (Å²) in [5.74, 6) is -5.20. The van der Waals surface area contributed by atoms with E-state index in [4.69, 9.17) is 0 Å². The van der Waals surface area contributed by atoms with Crippen molar-refractivity contribution >= 4 is 8.07 Å². The van der Waals surface area contributed by atoms with Crippen LogP contribution >= 0.6 is 0 Å². The fraction of sp³-hybridized carbons (Fsp3) is 0.500. The highest BCUT2D eigenvalue weighted by molar-refractivity contribution is 6.78. The van der Waals surface area contributed by atoms with Crippen LogP contribution < -0.4 is 0 Å². The third kappa shape index (κ3) is 2.41. The molecule has 1 N–H and O–H groups in total. The van der Waals surface area contributed by atoms with E-state index in [1.54, 1.807) is 0 Å². The van der Waals surface area contributed by atoms with Gasteiger partial charge in [0.05, 0.1) is 8.07 Å². The summed E-state index contributed by atoms with van der Waals surface area (Å²) in [6.45, 7) is 3.83. The Hall–Kier alpha value is -0.953. The van der Waals surface area contributed by atoms with Crippen molar-refractivity contribution in [2.45, 2.75) is 37.0 Å². The van der Waals surface area contributed by atoms with Crippen LogP contribution in [0.3, 0.4) is 0 Å². The maximum absolute atomic E-state index is 13.8. The molecule has 0 spiro atoms. The smallest absolute Gasteiger partial charge is 0.382 e. The van der Waals surface area contributed by atoms with Crippen LogP contribution in [0.4, 0.5) is 22.0 Å². The topological polar surface area (TPSA) is 20.2 Å². The summed E-state index contributed by atoms with van der Waals surface area (Å²) < 4.78 is 65.6. The monoisotopic (exact) mass is 298 g/mol. The molecular weight excluding hydrogens is 283 g/mol. The third-order valence-electron chi connectivity index (χ3n) is 3.09. The zero-order valence-corrected chi connectivity index (χ0v) is 11.7. The van der Waals surface area contributed by atoms with Gasteiger partial charge in [-0.25, -0.2) is 0 Å². The Kier molecular flexibility index (Phi) is 3.86. The molecule has 1 aromatic rings. The molecule has 0 fully saturated rings. The highest BCUT2D eigenvalue weighted by Gasteiger charge is 2.73. The molecule has 0 heterocycles. The normalized spacial score (nSPS) is 17.1. The van der Waals surface area contributed by atoms with E-state index in [2.05, 4.69) is 0 Å². The second-order valence-corrected chi connectivity index (χ2v) is 10.6. The molecule has 0 aliphatic rings. The molecule has 7 heteroatoms. The van der Waals surface area contributed by atoms with Crippen LogP contribution in [0.1, 0.15) is 5.56 Å². The average molecular weight is 298 g/mol. The summed E-state index contributed by atoms with van der Waals surface area (Å²) in [6.07, 6.45) is -5.81. The van der Waals surface area contributed by atoms with Gasteiger partial charge in [-0.05, 0) is 5.56 Å². The van der Waals surface area contributed by atoms with E-state index in [0.717, 1.165) is 12.1 Å². The van der Waals surface area contributed by atoms with Crippen molar-refractivity contribution in [3.63, 3.8) is 0 Å². The minimum Gasteiger partial charge on any atom is -0.382 e. The van der Waals surface area contributed by atoms with Gasteiger partial charge in [-0.3, -0.25) is 0 Å². The lowest BCUT2D eigenvalue weighted by Gasteiger charge is -2.45. The van der Waals surface area contributed by atoms with Gasteiger partial charge in [-0.15, -0.1) is 0 Å². The van der Waals surface area contributed by atoms with Gasteiger partial charge >= 0.3 is 12.1 Å². The van der Waals surface area contributed by atoms with Gasteiger partial charge < -0.3 is 5.11 Å². The zero-order chi connectivity index (χ0) is 15.1. The Morgan fingerprint density at radius 2 is 1.32 bits per heavy atom. The SMILES string of the molecule is C[Si](C)(C)C(O)(c1ccccc1)C(F)(F)C(F)(F)F. The summed E-state index contributed by atoms with van der Waals surface area (Å²) >= 11 is 0. The molecular formula is C12H15F5OSi. The van der Waals surface area contributed by atoms with Crippen LogP contribution in [0, 0.1) is 0 Å². The van der Waals surface area contributed by atoms with E-state index in [1.807, 2.05) is 0 Å². The molecule has 0 aliphatic heterocycles. The molecule has 108 valence electrons. The summed E-state index contributed by atoms with van der Waals surface area (Å²) in [4.78, 5) is 0. The van der Waals surface area contributed by atoms with E-state index in [1.165, 1.54) is 37.8 Å². The highest BCUT2D eigenvalue weighted by atomic mass is 28.3. The number of hydrogen-bond donors (Lipinski definition) is 1. The number of aliphatic hydroxyl groups is 1. The lowest BCUT2D eigenvalue weighted by atomic mass is 10.0. The summed E-state index contributed by atoms with van der Waals surface area (Å²) in [7, 11) is -3.31. The van der Waals surface area contributed by atoms with Gasteiger partial charge in [0.15, 0.2) is 0 Å². The zero-order valence-electron chi connectivity index (χ0n) is 10.7. The lowest BCUT2D eigenvalue weighted by Crippen LogP contribution is -2.66. The first-order valence-electron chi connectivity index (χ1n) is 5.58. The maximum Gasteiger partial charge on any atom is 0.456 e. The Balaban J connectivity index is 3.57. The first-order valence-corrected chi connectivity index (χ1v) is 9.08. The minimum absolute atomic E-state index is 0.406. The van der Waals surface area contributed by atoms with Gasteiger partial charge in [-0.1, -0.05) is 50.0 Å². The molecule has 1 aromatic carbocycles. The van der Waals surface area contributed by atoms with E-state index >= 15 is 0 Å². The van der Waals surface area contributed by atoms with Gasteiger partial charge in [0.2, 0.25) is 0 Å². The van der Waals surface area contributed by atoms with Crippen LogP contribution in [-0.2, 0) is 5.22 Å². The molecule has 1 nitrogen and oxygen atoms in total. The molecule has 19 heavy (non-hydrogen) atoms. The third-order valence-corrected chi connectivity index (χ3v) is 5.86.